The highest BCUT2D eigenvalue weighted by molar-refractivity contribution is 7.11. The lowest BCUT2D eigenvalue weighted by Crippen LogP contribution is -1.90. The number of ether oxygens (including phenoxy) is 2. The number of benzene rings is 1. The number of allylic oxidation sites excluding steroid dienone is 1. The lowest BCUT2D eigenvalue weighted by Gasteiger charge is -2.09. The first kappa shape index (κ1) is 17.5. The molecule has 0 amide bonds. The van der Waals surface area contributed by atoms with Crippen molar-refractivity contribution < 1.29 is 14.6 Å². The van der Waals surface area contributed by atoms with Crippen LogP contribution in [-0.4, -0.2) is 29.3 Å². The molecule has 3 aromatic rings. The Balaban J connectivity index is 2.00. The molecule has 2 aromatic heterocycles. The first-order chi connectivity index (χ1) is 12.7. The van der Waals surface area contributed by atoms with E-state index in [1.165, 1.54) is 25.6 Å². The molecule has 6 nitrogen and oxygen atoms in total. The number of rotatable bonds is 5. The van der Waals surface area contributed by atoms with Crippen molar-refractivity contribution in [3.8, 4) is 34.6 Å². The molecule has 0 bridgehead atoms. The van der Waals surface area contributed by atoms with Gasteiger partial charge in [0.05, 0.1) is 25.5 Å². The number of aromatic hydroxyl groups is 1. The zero-order chi connectivity index (χ0) is 18.5. The van der Waals surface area contributed by atoms with Crippen LogP contribution >= 0.6 is 11.3 Å². The maximum absolute atomic E-state index is 10.00. The lowest BCUT2D eigenvalue weighted by atomic mass is 10.1. The van der Waals surface area contributed by atoms with Crippen LogP contribution in [0.15, 0.2) is 42.0 Å². The van der Waals surface area contributed by atoms with Crippen LogP contribution in [-0.2, 0) is 0 Å². The van der Waals surface area contributed by atoms with Crippen molar-refractivity contribution >= 4 is 23.0 Å². The molecule has 1 N–H and O–H groups in total. The van der Waals surface area contributed by atoms with Crippen LogP contribution in [0.4, 0.5) is 0 Å². The molecule has 0 radical (unpaired) electrons. The van der Waals surface area contributed by atoms with Crippen molar-refractivity contribution in [2.45, 2.75) is 0 Å². The summed E-state index contributed by atoms with van der Waals surface area (Å²) < 4.78 is 10.3. The zero-order valence-corrected chi connectivity index (χ0v) is 14.9. The maximum atomic E-state index is 10.00. The van der Waals surface area contributed by atoms with Gasteiger partial charge < -0.3 is 14.6 Å². The molecule has 0 saturated heterocycles. The highest BCUT2D eigenvalue weighted by atomic mass is 32.1. The van der Waals surface area contributed by atoms with E-state index in [0.29, 0.717) is 16.1 Å². The van der Waals surface area contributed by atoms with Gasteiger partial charge in [-0.3, -0.25) is 4.98 Å². The number of phenols is 1. The summed E-state index contributed by atoms with van der Waals surface area (Å²) in [5.41, 5.74) is 2.79. The first-order valence-corrected chi connectivity index (χ1v) is 8.47. The van der Waals surface area contributed by atoms with Gasteiger partial charge in [-0.1, -0.05) is 0 Å². The molecular formula is C19H15N3O3S. The molecule has 0 aliphatic rings. The third-order valence-corrected chi connectivity index (χ3v) is 4.52. The third-order valence-electron chi connectivity index (χ3n) is 3.64. The fraction of sp³-hybridized carbons (Fsp3) is 0.105. The SMILES string of the molecule is COc1cc(/C=C(/C#N)c2nc(-c3ccncc3)cs2)cc(OC)c1O. The van der Waals surface area contributed by atoms with Gasteiger partial charge in [-0.2, -0.15) is 5.26 Å². The first-order valence-electron chi connectivity index (χ1n) is 7.59. The Labute approximate surface area is 154 Å². The van der Waals surface area contributed by atoms with Crippen LogP contribution in [0.3, 0.4) is 0 Å². The van der Waals surface area contributed by atoms with E-state index in [4.69, 9.17) is 9.47 Å². The second-order valence-electron chi connectivity index (χ2n) is 5.22. The van der Waals surface area contributed by atoms with Crippen LogP contribution < -0.4 is 9.47 Å². The molecule has 26 heavy (non-hydrogen) atoms. The van der Waals surface area contributed by atoms with Gasteiger partial charge in [0.15, 0.2) is 11.5 Å². The van der Waals surface area contributed by atoms with Gasteiger partial charge in [-0.15, -0.1) is 11.3 Å². The molecule has 0 saturated carbocycles. The summed E-state index contributed by atoms with van der Waals surface area (Å²) in [7, 11) is 2.91. The summed E-state index contributed by atoms with van der Waals surface area (Å²) >= 11 is 1.39. The molecule has 0 unspecified atom stereocenters. The van der Waals surface area contributed by atoms with Crippen LogP contribution in [0, 0.1) is 11.3 Å². The number of nitriles is 1. The largest absolute Gasteiger partial charge is 0.502 e. The minimum Gasteiger partial charge on any atom is -0.502 e. The average molecular weight is 365 g/mol. The van der Waals surface area contributed by atoms with E-state index >= 15 is 0 Å². The summed E-state index contributed by atoms with van der Waals surface area (Å²) in [4.78, 5) is 8.53. The molecule has 130 valence electrons. The number of hydrogen-bond donors (Lipinski definition) is 1. The van der Waals surface area contributed by atoms with Crippen LogP contribution in [0.25, 0.3) is 22.9 Å². The van der Waals surface area contributed by atoms with Gasteiger partial charge in [0.2, 0.25) is 5.75 Å². The fourth-order valence-electron chi connectivity index (χ4n) is 2.36. The van der Waals surface area contributed by atoms with E-state index in [0.717, 1.165) is 11.3 Å². The second kappa shape index (κ2) is 7.68. The fourth-order valence-corrected chi connectivity index (χ4v) is 3.15. The zero-order valence-electron chi connectivity index (χ0n) is 14.1. The van der Waals surface area contributed by atoms with E-state index in [9.17, 15) is 10.4 Å². The van der Waals surface area contributed by atoms with Crippen molar-refractivity contribution in [1.29, 1.82) is 5.26 Å². The summed E-state index contributed by atoms with van der Waals surface area (Å²) in [6, 6.07) is 9.17. The molecular weight excluding hydrogens is 350 g/mol. The van der Waals surface area contributed by atoms with Crippen molar-refractivity contribution in [2.75, 3.05) is 14.2 Å². The number of methoxy groups -OCH3 is 2. The van der Waals surface area contributed by atoms with E-state index in [2.05, 4.69) is 16.0 Å². The highest BCUT2D eigenvalue weighted by Gasteiger charge is 2.13. The molecule has 3 rings (SSSR count). The van der Waals surface area contributed by atoms with Crippen molar-refractivity contribution in [1.82, 2.24) is 9.97 Å². The van der Waals surface area contributed by atoms with Crippen LogP contribution in [0.1, 0.15) is 10.6 Å². The normalized spacial score (nSPS) is 11.0. The maximum Gasteiger partial charge on any atom is 0.200 e. The van der Waals surface area contributed by atoms with Crippen molar-refractivity contribution in [3.63, 3.8) is 0 Å². The molecule has 7 heteroatoms. The van der Waals surface area contributed by atoms with E-state index < -0.39 is 0 Å². The summed E-state index contributed by atoms with van der Waals surface area (Å²) in [6.45, 7) is 0. The smallest absolute Gasteiger partial charge is 0.200 e. The second-order valence-corrected chi connectivity index (χ2v) is 6.08. The standard InChI is InChI=1S/C19H15N3O3S/c1-24-16-8-12(9-17(25-2)18(16)23)7-14(10-20)19-22-15(11-26-19)13-3-5-21-6-4-13/h3-9,11,23H,1-2H3/b14-7-. The number of thiazole rings is 1. The van der Waals surface area contributed by atoms with Crippen LogP contribution in [0.5, 0.6) is 17.2 Å². The van der Waals surface area contributed by atoms with E-state index in [-0.39, 0.29) is 17.2 Å². The number of aromatic nitrogens is 2. The monoisotopic (exact) mass is 365 g/mol. The topological polar surface area (TPSA) is 88.3 Å². The van der Waals surface area contributed by atoms with Gasteiger partial charge in [-0.05, 0) is 35.9 Å². The quantitative estimate of drug-likeness (QED) is 0.688. The van der Waals surface area contributed by atoms with Gasteiger partial charge in [0.25, 0.3) is 0 Å². The molecule has 0 spiro atoms. The average Bonchev–Trinajstić information content (AvgIpc) is 3.17. The van der Waals surface area contributed by atoms with Crippen molar-refractivity contribution in [3.05, 3.63) is 52.6 Å². The Morgan fingerprint density at radius 2 is 1.85 bits per heavy atom. The van der Waals surface area contributed by atoms with Crippen LogP contribution in [0.2, 0.25) is 0 Å². The predicted molar refractivity (Wildman–Crippen MR) is 100 cm³/mol. The number of hydrogen-bond acceptors (Lipinski definition) is 7. The minimum absolute atomic E-state index is 0.0834. The Morgan fingerprint density at radius 1 is 1.19 bits per heavy atom. The summed E-state index contributed by atoms with van der Waals surface area (Å²) in [5.74, 6) is 0.453. The van der Waals surface area contributed by atoms with Gasteiger partial charge in [0, 0.05) is 23.3 Å². The molecule has 0 fully saturated rings. The number of nitrogens with zero attached hydrogens (tertiary/aromatic N) is 3. The summed E-state index contributed by atoms with van der Waals surface area (Å²) in [5, 5.41) is 22.1. The Hall–Kier alpha value is -3.37. The molecule has 0 atom stereocenters. The van der Waals surface area contributed by atoms with Crippen molar-refractivity contribution in [2.24, 2.45) is 0 Å². The third kappa shape index (κ3) is 3.50. The van der Waals surface area contributed by atoms with E-state index in [1.807, 2.05) is 17.5 Å². The van der Waals surface area contributed by atoms with Gasteiger partial charge in [0.1, 0.15) is 11.1 Å². The van der Waals surface area contributed by atoms with Gasteiger partial charge in [-0.25, -0.2) is 4.98 Å². The molecule has 1 aromatic carbocycles. The predicted octanol–water partition coefficient (Wildman–Crippen LogP) is 3.99. The Kier molecular flexibility index (Phi) is 5.15. The lowest BCUT2D eigenvalue weighted by molar-refractivity contribution is 0.340. The molecule has 0 aliphatic heterocycles. The number of phenolic OH excluding ortho intramolecular Hbond substituents is 1. The molecule has 2 heterocycles. The summed E-state index contributed by atoms with van der Waals surface area (Å²) in [6.07, 6.45) is 5.08. The highest BCUT2D eigenvalue weighted by Crippen LogP contribution is 2.38. The van der Waals surface area contributed by atoms with Gasteiger partial charge >= 0.3 is 0 Å². The molecule has 0 aliphatic carbocycles. The van der Waals surface area contributed by atoms with E-state index in [1.54, 1.807) is 30.6 Å². The Morgan fingerprint density at radius 3 is 2.42 bits per heavy atom. The minimum atomic E-state index is -0.0834. The number of pyridine rings is 1. The Bertz CT molecular complexity index is 966.